The first-order valence-corrected chi connectivity index (χ1v) is 6.23. The number of carbonyl (C=O) groups excluding carboxylic acids is 1. The number of anilines is 1. The average molecular weight is 240 g/mol. The van der Waals surface area contributed by atoms with E-state index in [1.165, 1.54) is 0 Å². The smallest absolute Gasteiger partial charge is 0.271 e. The molecule has 5 heteroatoms. The summed E-state index contributed by atoms with van der Waals surface area (Å²) in [5, 5.41) is 4.06. The van der Waals surface area contributed by atoms with Gasteiger partial charge in [-0.2, -0.15) is 0 Å². The SMILES string of the molecule is O=C1N=c2cnc3c(c2NC12CCCC2)C=CN=3. The van der Waals surface area contributed by atoms with E-state index in [1.807, 2.05) is 6.08 Å². The largest absolute Gasteiger partial charge is 0.369 e. The van der Waals surface area contributed by atoms with Gasteiger partial charge in [-0.25, -0.2) is 15.0 Å². The number of pyridine rings is 1. The molecule has 0 bridgehead atoms. The van der Waals surface area contributed by atoms with Gasteiger partial charge in [0.25, 0.3) is 5.91 Å². The first kappa shape index (κ1) is 9.94. The van der Waals surface area contributed by atoms with Crippen LogP contribution in [0.25, 0.3) is 6.08 Å². The first-order valence-electron chi connectivity index (χ1n) is 6.23. The maximum atomic E-state index is 12.2. The number of hydrogen-bond donors (Lipinski definition) is 1. The van der Waals surface area contributed by atoms with Gasteiger partial charge in [-0.05, 0) is 18.9 Å². The standard InChI is InChI=1S/C13H12N4O/c18-12-13(4-1-2-5-13)17-10-8-3-6-14-11(8)15-7-9(10)16-12/h3,6-7,17H,1-2,4-5H2. The molecule has 90 valence electrons. The van der Waals surface area contributed by atoms with E-state index in [1.54, 1.807) is 12.4 Å². The van der Waals surface area contributed by atoms with Crippen LogP contribution in [-0.4, -0.2) is 16.4 Å². The fraction of sp³-hybridized carbons (Fsp3) is 0.385. The second-order valence-electron chi connectivity index (χ2n) is 5.03. The van der Waals surface area contributed by atoms with Gasteiger partial charge in [-0.15, -0.1) is 0 Å². The van der Waals surface area contributed by atoms with Crippen molar-refractivity contribution in [2.75, 3.05) is 5.32 Å². The lowest BCUT2D eigenvalue weighted by Crippen LogP contribution is -2.49. The minimum atomic E-state index is -0.474. The van der Waals surface area contributed by atoms with Gasteiger partial charge >= 0.3 is 0 Å². The van der Waals surface area contributed by atoms with Crippen LogP contribution >= 0.6 is 0 Å². The molecular formula is C13H12N4O. The highest BCUT2D eigenvalue weighted by molar-refractivity contribution is 5.93. The maximum absolute atomic E-state index is 12.2. The number of fused-ring (bicyclic) bond motifs is 3. The average Bonchev–Trinajstić information content (AvgIpc) is 3.00. The van der Waals surface area contributed by atoms with Crippen LogP contribution in [0.2, 0.25) is 0 Å². The van der Waals surface area contributed by atoms with Crippen LogP contribution in [0, 0.1) is 0 Å². The van der Waals surface area contributed by atoms with Gasteiger partial charge in [-0.3, -0.25) is 4.79 Å². The van der Waals surface area contributed by atoms with Crippen molar-refractivity contribution in [2.45, 2.75) is 31.2 Å². The molecular weight excluding hydrogens is 228 g/mol. The normalized spacial score (nSPS) is 22.1. The predicted molar refractivity (Wildman–Crippen MR) is 65.4 cm³/mol. The molecule has 1 aromatic rings. The summed E-state index contributed by atoms with van der Waals surface area (Å²) in [5.74, 6) is -0.0480. The molecule has 1 saturated carbocycles. The molecule has 3 aliphatic rings. The molecule has 2 aliphatic heterocycles. The number of amides is 1. The Balaban J connectivity index is 1.97. The molecule has 1 spiro atoms. The van der Waals surface area contributed by atoms with Gasteiger partial charge in [0.15, 0.2) is 5.49 Å². The summed E-state index contributed by atoms with van der Waals surface area (Å²) in [6, 6.07) is 0. The van der Waals surface area contributed by atoms with E-state index in [9.17, 15) is 4.79 Å². The van der Waals surface area contributed by atoms with Crippen molar-refractivity contribution in [3.8, 4) is 0 Å². The highest BCUT2D eigenvalue weighted by Gasteiger charge is 2.43. The van der Waals surface area contributed by atoms with Gasteiger partial charge in [0.05, 0.1) is 11.9 Å². The second-order valence-corrected chi connectivity index (χ2v) is 5.03. The van der Waals surface area contributed by atoms with Gasteiger partial charge in [0.2, 0.25) is 0 Å². The van der Waals surface area contributed by atoms with E-state index in [0.29, 0.717) is 10.8 Å². The van der Waals surface area contributed by atoms with Gasteiger partial charge < -0.3 is 5.32 Å². The van der Waals surface area contributed by atoms with Gasteiger partial charge in [-0.1, -0.05) is 12.8 Å². The van der Waals surface area contributed by atoms with E-state index in [2.05, 4.69) is 20.3 Å². The minimum Gasteiger partial charge on any atom is -0.369 e. The van der Waals surface area contributed by atoms with E-state index in [-0.39, 0.29) is 5.91 Å². The number of hydrogen-bond acceptors (Lipinski definition) is 4. The molecule has 0 unspecified atom stereocenters. The maximum Gasteiger partial charge on any atom is 0.271 e. The molecule has 4 rings (SSSR count). The van der Waals surface area contributed by atoms with Crippen molar-refractivity contribution in [2.24, 2.45) is 9.98 Å². The molecule has 5 nitrogen and oxygen atoms in total. The number of nitrogens with zero attached hydrogens (tertiary/aromatic N) is 3. The fourth-order valence-electron chi connectivity index (χ4n) is 2.99. The molecule has 0 aromatic carbocycles. The fourth-order valence-corrected chi connectivity index (χ4v) is 2.99. The zero-order valence-corrected chi connectivity index (χ0v) is 9.81. The predicted octanol–water partition coefficient (Wildman–Crippen LogP) is 0.570. The number of nitrogens with one attached hydrogen (secondary N) is 1. The molecule has 0 radical (unpaired) electrons. The topological polar surface area (TPSA) is 66.7 Å². The Kier molecular flexibility index (Phi) is 1.79. The van der Waals surface area contributed by atoms with E-state index >= 15 is 0 Å². The zero-order valence-electron chi connectivity index (χ0n) is 9.81. The Bertz CT molecular complexity index is 698. The van der Waals surface area contributed by atoms with Crippen molar-refractivity contribution < 1.29 is 4.79 Å². The van der Waals surface area contributed by atoms with Crippen LogP contribution in [0.1, 0.15) is 31.2 Å². The third kappa shape index (κ3) is 1.16. The second kappa shape index (κ2) is 3.25. The third-order valence-electron chi connectivity index (χ3n) is 3.97. The summed E-state index contributed by atoms with van der Waals surface area (Å²) in [6.45, 7) is 0. The van der Waals surface area contributed by atoms with Crippen LogP contribution in [0.4, 0.5) is 5.69 Å². The summed E-state index contributed by atoms with van der Waals surface area (Å²) in [5.41, 5.74) is 2.10. The van der Waals surface area contributed by atoms with E-state index in [4.69, 9.17) is 0 Å². The van der Waals surface area contributed by atoms with E-state index in [0.717, 1.165) is 36.9 Å². The molecule has 1 amide bonds. The first-order chi connectivity index (χ1) is 8.78. The van der Waals surface area contributed by atoms with Crippen LogP contribution in [0.15, 0.2) is 22.4 Å². The molecule has 18 heavy (non-hydrogen) atoms. The molecule has 3 heterocycles. The lowest BCUT2D eigenvalue weighted by molar-refractivity contribution is -0.122. The molecule has 1 aromatic heterocycles. The Morgan fingerprint density at radius 3 is 2.94 bits per heavy atom. The lowest BCUT2D eigenvalue weighted by atomic mass is 9.94. The van der Waals surface area contributed by atoms with Crippen molar-refractivity contribution in [3.63, 3.8) is 0 Å². The Hall–Kier alpha value is -2.04. The molecule has 1 fully saturated rings. The molecule has 1 aliphatic carbocycles. The summed E-state index contributed by atoms with van der Waals surface area (Å²) < 4.78 is 0. The van der Waals surface area contributed by atoms with Crippen LogP contribution in [-0.2, 0) is 4.79 Å². The summed E-state index contributed by atoms with van der Waals surface area (Å²) in [7, 11) is 0. The number of aromatic nitrogens is 1. The van der Waals surface area contributed by atoms with Crippen molar-refractivity contribution in [3.05, 3.63) is 28.8 Å². The highest BCUT2D eigenvalue weighted by atomic mass is 16.2. The molecule has 0 atom stereocenters. The van der Waals surface area contributed by atoms with E-state index < -0.39 is 5.54 Å². The summed E-state index contributed by atoms with van der Waals surface area (Å²) >= 11 is 0. The monoisotopic (exact) mass is 240 g/mol. The minimum absolute atomic E-state index is 0.0480. The van der Waals surface area contributed by atoms with Crippen molar-refractivity contribution >= 4 is 17.7 Å². The molecule has 1 N–H and O–H groups in total. The van der Waals surface area contributed by atoms with Crippen LogP contribution in [0.5, 0.6) is 0 Å². The lowest BCUT2D eigenvalue weighted by Gasteiger charge is -2.31. The van der Waals surface area contributed by atoms with Crippen molar-refractivity contribution in [1.29, 1.82) is 0 Å². The van der Waals surface area contributed by atoms with Gasteiger partial charge in [0, 0.05) is 11.8 Å². The molecule has 0 saturated heterocycles. The third-order valence-corrected chi connectivity index (χ3v) is 3.97. The quantitative estimate of drug-likeness (QED) is 0.721. The van der Waals surface area contributed by atoms with Crippen LogP contribution < -0.4 is 16.2 Å². The zero-order chi connectivity index (χ0) is 12.2. The summed E-state index contributed by atoms with van der Waals surface area (Å²) in [4.78, 5) is 24.8. The highest BCUT2D eigenvalue weighted by Crippen LogP contribution is 2.35. The Morgan fingerprint density at radius 2 is 2.11 bits per heavy atom. The number of carbonyl (C=O) groups is 1. The van der Waals surface area contributed by atoms with Crippen LogP contribution in [0.3, 0.4) is 0 Å². The summed E-state index contributed by atoms with van der Waals surface area (Å²) in [6.07, 6.45) is 9.17. The Morgan fingerprint density at radius 1 is 1.28 bits per heavy atom. The van der Waals surface area contributed by atoms with Gasteiger partial charge in [0.1, 0.15) is 10.9 Å². The number of rotatable bonds is 0. The van der Waals surface area contributed by atoms with Crippen molar-refractivity contribution in [1.82, 2.24) is 4.98 Å². The Labute approximate surface area is 103 Å².